The molecule has 20 heavy (non-hydrogen) atoms. The van der Waals surface area contributed by atoms with E-state index in [1.54, 1.807) is 17.4 Å². The molecule has 106 valence electrons. The Hall–Kier alpha value is -1.88. The van der Waals surface area contributed by atoms with E-state index in [4.69, 9.17) is 0 Å². The average Bonchev–Trinajstić information content (AvgIpc) is 2.99. The van der Waals surface area contributed by atoms with E-state index in [2.05, 4.69) is 23.0 Å². The van der Waals surface area contributed by atoms with Crippen molar-refractivity contribution in [2.24, 2.45) is 0 Å². The SMILES string of the molecule is CCC(Nc1ccc(F)c(C(=O)OC)c1)c1cccs1. The van der Waals surface area contributed by atoms with Gasteiger partial charge in [0, 0.05) is 10.6 Å². The molecule has 0 radical (unpaired) electrons. The number of esters is 1. The Balaban J connectivity index is 2.23. The van der Waals surface area contributed by atoms with Crippen molar-refractivity contribution in [3.63, 3.8) is 0 Å². The van der Waals surface area contributed by atoms with Crippen LogP contribution in [0.2, 0.25) is 0 Å². The van der Waals surface area contributed by atoms with Crippen LogP contribution in [-0.2, 0) is 4.74 Å². The maximum Gasteiger partial charge on any atom is 0.340 e. The second-order valence-electron chi connectivity index (χ2n) is 4.31. The van der Waals surface area contributed by atoms with Crippen molar-refractivity contribution in [3.05, 3.63) is 52.0 Å². The zero-order chi connectivity index (χ0) is 14.5. The minimum Gasteiger partial charge on any atom is -0.465 e. The molecule has 0 bridgehead atoms. The van der Waals surface area contributed by atoms with Gasteiger partial charge in [-0.15, -0.1) is 11.3 Å². The molecule has 0 aliphatic carbocycles. The fraction of sp³-hybridized carbons (Fsp3) is 0.267. The number of anilines is 1. The van der Waals surface area contributed by atoms with Gasteiger partial charge < -0.3 is 10.1 Å². The fourth-order valence-electron chi connectivity index (χ4n) is 1.95. The number of rotatable bonds is 5. The van der Waals surface area contributed by atoms with Crippen molar-refractivity contribution in [2.75, 3.05) is 12.4 Å². The van der Waals surface area contributed by atoms with Crippen molar-refractivity contribution in [2.45, 2.75) is 19.4 Å². The van der Waals surface area contributed by atoms with E-state index < -0.39 is 11.8 Å². The molecule has 1 heterocycles. The summed E-state index contributed by atoms with van der Waals surface area (Å²) < 4.78 is 18.1. The highest BCUT2D eigenvalue weighted by Crippen LogP contribution is 2.27. The van der Waals surface area contributed by atoms with Gasteiger partial charge in [-0.3, -0.25) is 0 Å². The molecular weight excluding hydrogens is 277 g/mol. The third kappa shape index (κ3) is 3.17. The summed E-state index contributed by atoms with van der Waals surface area (Å²) in [5.41, 5.74) is 0.644. The van der Waals surface area contributed by atoms with Gasteiger partial charge in [0.2, 0.25) is 0 Å². The van der Waals surface area contributed by atoms with Gasteiger partial charge in [-0.05, 0) is 36.1 Å². The minimum atomic E-state index is -0.671. The Morgan fingerprint density at radius 2 is 2.25 bits per heavy atom. The quantitative estimate of drug-likeness (QED) is 0.838. The maximum absolute atomic E-state index is 13.6. The normalized spacial score (nSPS) is 11.9. The van der Waals surface area contributed by atoms with E-state index in [-0.39, 0.29) is 11.6 Å². The molecule has 0 spiro atoms. The van der Waals surface area contributed by atoms with Crippen LogP contribution in [0.25, 0.3) is 0 Å². The highest BCUT2D eigenvalue weighted by atomic mass is 32.1. The third-order valence-corrected chi connectivity index (χ3v) is 3.99. The number of thiophene rings is 1. The molecule has 1 N–H and O–H groups in total. The Morgan fingerprint density at radius 1 is 1.45 bits per heavy atom. The number of methoxy groups -OCH3 is 1. The van der Waals surface area contributed by atoms with Crippen LogP contribution in [0, 0.1) is 5.82 Å². The van der Waals surface area contributed by atoms with Gasteiger partial charge in [0.15, 0.2) is 0 Å². The summed E-state index contributed by atoms with van der Waals surface area (Å²) in [6.45, 7) is 2.07. The monoisotopic (exact) mass is 293 g/mol. The maximum atomic E-state index is 13.6. The summed E-state index contributed by atoms with van der Waals surface area (Å²) in [6.07, 6.45) is 0.894. The zero-order valence-electron chi connectivity index (χ0n) is 11.4. The van der Waals surface area contributed by atoms with Crippen molar-refractivity contribution in [1.29, 1.82) is 0 Å². The molecule has 1 unspecified atom stereocenters. The zero-order valence-corrected chi connectivity index (χ0v) is 12.2. The number of carbonyl (C=O) groups excluding carboxylic acids is 1. The largest absolute Gasteiger partial charge is 0.465 e. The van der Waals surface area contributed by atoms with Gasteiger partial charge in [0.05, 0.1) is 18.7 Å². The summed E-state index contributed by atoms with van der Waals surface area (Å²) in [7, 11) is 1.24. The highest BCUT2D eigenvalue weighted by molar-refractivity contribution is 7.10. The highest BCUT2D eigenvalue weighted by Gasteiger charge is 2.15. The van der Waals surface area contributed by atoms with Crippen LogP contribution in [0.3, 0.4) is 0 Å². The number of halogens is 1. The van der Waals surface area contributed by atoms with Gasteiger partial charge in [0.1, 0.15) is 5.82 Å². The molecule has 2 rings (SSSR count). The van der Waals surface area contributed by atoms with Crippen LogP contribution in [0.1, 0.15) is 34.6 Å². The van der Waals surface area contributed by atoms with Gasteiger partial charge in [-0.2, -0.15) is 0 Å². The molecular formula is C15H16FNO2S. The molecule has 1 atom stereocenters. The van der Waals surface area contributed by atoms with Crippen molar-refractivity contribution < 1.29 is 13.9 Å². The smallest absolute Gasteiger partial charge is 0.340 e. The van der Waals surface area contributed by atoms with Gasteiger partial charge in [-0.1, -0.05) is 13.0 Å². The van der Waals surface area contributed by atoms with Crippen molar-refractivity contribution in [1.82, 2.24) is 0 Å². The van der Waals surface area contributed by atoms with E-state index in [1.165, 1.54) is 24.1 Å². The average molecular weight is 293 g/mol. The topological polar surface area (TPSA) is 38.3 Å². The van der Waals surface area contributed by atoms with E-state index >= 15 is 0 Å². The molecule has 1 aromatic carbocycles. The number of ether oxygens (including phenoxy) is 1. The predicted molar refractivity (Wildman–Crippen MR) is 78.7 cm³/mol. The summed E-state index contributed by atoms with van der Waals surface area (Å²) in [6, 6.07) is 8.57. The molecule has 1 aromatic heterocycles. The lowest BCUT2D eigenvalue weighted by atomic mass is 10.1. The van der Waals surface area contributed by atoms with E-state index in [0.29, 0.717) is 5.69 Å². The Kier molecular flexibility index (Phi) is 4.74. The first-order valence-electron chi connectivity index (χ1n) is 6.33. The van der Waals surface area contributed by atoms with Crippen LogP contribution in [0.5, 0.6) is 0 Å². The van der Waals surface area contributed by atoms with E-state index in [1.807, 2.05) is 11.4 Å². The first kappa shape index (κ1) is 14.5. The Bertz CT molecular complexity index is 584. The number of carbonyl (C=O) groups is 1. The van der Waals surface area contributed by atoms with Crippen LogP contribution in [0.4, 0.5) is 10.1 Å². The molecule has 0 saturated carbocycles. The van der Waals surface area contributed by atoms with Gasteiger partial charge in [-0.25, -0.2) is 9.18 Å². The first-order valence-corrected chi connectivity index (χ1v) is 7.21. The molecule has 2 aromatic rings. The van der Waals surface area contributed by atoms with Crippen LogP contribution in [0.15, 0.2) is 35.7 Å². The molecule has 3 nitrogen and oxygen atoms in total. The van der Waals surface area contributed by atoms with Crippen LogP contribution in [-0.4, -0.2) is 13.1 Å². The molecule has 0 aliphatic heterocycles. The fourth-order valence-corrected chi connectivity index (χ4v) is 2.81. The number of hydrogen-bond acceptors (Lipinski definition) is 4. The second kappa shape index (κ2) is 6.52. The lowest BCUT2D eigenvalue weighted by molar-refractivity contribution is 0.0595. The molecule has 5 heteroatoms. The van der Waals surface area contributed by atoms with E-state index in [9.17, 15) is 9.18 Å². The lowest BCUT2D eigenvalue weighted by Gasteiger charge is -2.17. The van der Waals surface area contributed by atoms with Crippen LogP contribution >= 0.6 is 11.3 Å². The van der Waals surface area contributed by atoms with Crippen molar-refractivity contribution in [3.8, 4) is 0 Å². The van der Waals surface area contributed by atoms with Crippen LogP contribution < -0.4 is 5.32 Å². The van der Waals surface area contributed by atoms with E-state index in [0.717, 1.165) is 6.42 Å². The molecule has 0 fully saturated rings. The summed E-state index contributed by atoms with van der Waals surface area (Å²) in [4.78, 5) is 12.7. The van der Waals surface area contributed by atoms with Gasteiger partial charge >= 0.3 is 5.97 Å². The van der Waals surface area contributed by atoms with Crippen molar-refractivity contribution >= 4 is 23.0 Å². The minimum absolute atomic E-state index is 0.0569. The number of nitrogens with one attached hydrogen (secondary N) is 1. The Labute approximate surface area is 121 Å². The first-order chi connectivity index (χ1) is 9.65. The third-order valence-electron chi connectivity index (χ3n) is 3.01. The summed E-state index contributed by atoms with van der Waals surface area (Å²) in [5, 5.41) is 5.33. The lowest BCUT2D eigenvalue weighted by Crippen LogP contribution is -2.10. The molecule has 0 amide bonds. The number of benzene rings is 1. The number of hydrogen-bond donors (Lipinski definition) is 1. The summed E-state index contributed by atoms with van der Waals surface area (Å²) >= 11 is 1.66. The summed E-state index contributed by atoms with van der Waals surface area (Å²) in [5.74, 6) is -1.25. The second-order valence-corrected chi connectivity index (χ2v) is 5.29. The molecule has 0 saturated heterocycles. The molecule has 0 aliphatic rings. The Morgan fingerprint density at radius 3 is 2.85 bits per heavy atom. The van der Waals surface area contributed by atoms with Gasteiger partial charge in [0.25, 0.3) is 0 Å². The predicted octanol–water partition coefficient (Wildman–Crippen LogP) is 4.24. The standard InChI is InChI=1S/C15H16FNO2S/c1-3-13(14-5-4-8-20-14)17-10-6-7-12(16)11(9-10)15(18)19-2/h4-9,13,17H,3H2,1-2H3.